The van der Waals surface area contributed by atoms with Gasteiger partial charge >= 0.3 is 0 Å². The molecule has 2 aliphatic rings. The van der Waals surface area contributed by atoms with E-state index >= 15 is 0 Å². The van der Waals surface area contributed by atoms with E-state index in [0.29, 0.717) is 17.7 Å². The summed E-state index contributed by atoms with van der Waals surface area (Å²) in [6.07, 6.45) is 7.66. The van der Waals surface area contributed by atoms with Crippen LogP contribution in [0.5, 0.6) is 0 Å². The lowest BCUT2D eigenvalue weighted by molar-refractivity contribution is -0.122. The minimum Gasteiger partial charge on any atom is -0.357 e. The summed E-state index contributed by atoms with van der Waals surface area (Å²) >= 11 is 0. The van der Waals surface area contributed by atoms with Crippen LogP contribution in [0.15, 0.2) is 41.3 Å². The number of pyridine rings is 2. The number of nitrogens with zero attached hydrogens (tertiary/aromatic N) is 3. The molecule has 3 heterocycles. The maximum absolute atomic E-state index is 13.7. The van der Waals surface area contributed by atoms with Gasteiger partial charge in [-0.3, -0.25) is 14.4 Å². The molecular formula is C34H44N6O3. The maximum Gasteiger partial charge on any atom is 0.253 e. The number of benzene rings is 1. The van der Waals surface area contributed by atoms with Gasteiger partial charge in [0.25, 0.3) is 11.5 Å². The number of nitrogens with two attached hydrogens (primary N) is 1. The molecule has 1 aliphatic heterocycles. The maximum atomic E-state index is 13.7. The highest BCUT2D eigenvalue weighted by atomic mass is 16.2. The molecule has 0 bridgehead atoms. The number of anilines is 2. The van der Waals surface area contributed by atoms with Crippen molar-refractivity contribution >= 4 is 23.3 Å². The zero-order chi connectivity index (χ0) is 30.7. The summed E-state index contributed by atoms with van der Waals surface area (Å²) < 4.78 is 0. The Labute approximate surface area is 253 Å². The molecule has 1 saturated carbocycles. The molecule has 1 aliphatic carbocycles. The number of H-pyrrole nitrogens is 1. The van der Waals surface area contributed by atoms with E-state index in [2.05, 4.69) is 15.2 Å². The normalized spacial score (nSPS) is 16.0. The molecular weight excluding hydrogens is 540 g/mol. The quantitative estimate of drug-likeness (QED) is 0.351. The first-order valence-corrected chi connectivity index (χ1v) is 15.6. The van der Waals surface area contributed by atoms with Crippen LogP contribution in [-0.2, 0) is 11.3 Å². The van der Waals surface area contributed by atoms with E-state index in [9.17, 15) is 14.4 Å². The summed E-state index contributed by atoms with van der Waals surface area (Å²) in [6, 6.07) is 10.1. The second-order valence-corrected chi connectivity index (χ2v) is 12.1. The third-order valence-corrected chi connectivity index (χ3v) is 9.07. The number of rotatable bonds is 8. The van der Waals surface area contributed by atoms with Gasteiger partial charge in [-0.15, -0.1) is 0 Å². The van der Waals surface area contributed by atoms with Crippen LogP contribution in [0.1, 0.15) is 78.2 Å². The Bertz CT molecular complexity index is 1530. The van der Waals surface area contributed by atoms with Gasteiger partial charge < -0.3 is 25.8 Å². The van der Waals surface area contributed by atoms with Crippen LogP contribution >= 0.6 is 0 Å². The summed E-state index contributed by atoms with van der Waals surface area (Å²) in [5, 5.41) is 2.97. The minimum atomic E-state index is -0.293. The fourth-order valence-corrected chi connectivity index (χ4v) is 6.46. The highest BCUT2D eigenvalue weighted by Gasteiger charge is 2.29. The molecule has 0 atom stereocenters. The van der Waals surface area contributed by atoms with Gasteiger partial charge in [0.05, 0.1) is 0 Å². The Morgan fingerprint density at radius 3 is 2.40 bits per heavy atom. The van der Waals surface area contributed by atoms with Crippen LogP contribution in [0.25, 0.3) is 11.1 Å². The summed E-state index contributed by atoms with van der Waals surface area (Å²) in [5.41, 5.74) is 11.6. The Kier molecular flexibility index (Phi) is 9.30. The molecule has 5 rings (SSSR count). The standard InChI is InChI=1S/C34H44N6O3/c1-5-40(34(43)24-8-6-7-9-24)30-18-26(25-10-11-31(36-19-25)39-14-12-27(35)13-15-39)17-28(23(30)4)32(41)37-20-29-21(2)16-22(3)38-33(29)42/h10-11,16-19,24,27H,5-9,12-15,20,35H2,1-4H3,(H,37,41)(H,38,42). The highest BCUT2D eigenvalue weighted by Crippen LogP contribution is 2.35. The van der Waals surface area contributed by atoms with Crippen molar-refractivity contribution in [2.24, 2.45) is 11.7 Å². The molecule has 2 amide bonds. The number of hydrogen-bond donors (Lipinski definition) is 3. The van der Waals surface area contributed by atoms with Gasteiger partial charge in [-0.25, -0.2) is 4.98 Å². The Hall–Kier alpha value is -3.98. The summed E-state index contributed by atoms with van der Waals surface area (Å²) in [5.74, 6) is 0.741. The number of nitrogens with one attached hydrogen (secondary N) is 2. The molecule has 2 fully saturated rings. The third-order valence-electron chi connectivity index (χ3n) is 9.07. The van der Waals surface area contributed by atoms with Gasteiger partial charge in [-0.05, 0) is 100 Å². The van der Waals surface area contributed by atoms with E-state index in [1.165, 1.54) is 0 Å². The largest absolute Gasteiger partial charge is 0.357 e. The molecule has 43 heavy (non-hydrogen) atoms. The molecule has 228 valence electrons. The molecule has 3 aromatic rings. The van der Waals surface area contributed by atoms with Gasteiger partial charge in [0.15, 0.2) is 0 Å². The lowest BCUT2D eigenvalue weighted by atomic mass is 9.96. The monoisotopic (exact) mass is 584 g/mol. The van der Waals surface area contributed by atoms with Crippen LogP contribution < -0.4 is 26.4 Å². The smallest absolute Gasteiger partial charge is 0.253 e. The van der Waals surface area contributed by atoms with Crippen LogP contribution in [-0.4, -0.2) is 47.5 Å². The second kappa shape index (κ2) is 13.1. The lowest BCUT2D eigenvalue weighted by Crippen LogP contribution is -2.40. The predicted molar refractivity (Wildman–Crippen MR) is 172 cm³/mol. The van der Waals surface area contributed by atoms with Crippen molar-refractivity contribution in [2.75, 3.05) is 29.4 Å². The van der Waals surface area contributed by atoms with Crippen LogP contribution in [0.2, 0.25) is 0 Å². The van der Waals surface area contributed by atoms with E-state index in [1.54, 1.807) is 0 Å². The SMILES string of the molecule is CCN(C(=O)C1CCCC1)c1cc(-c2ccc(N3CCC(N)CC3)nc2)cc(C(=O)NCc2c(C)cc(C)[nH]c2=O)c1C. The lowest BCUT2D eigenvalue weighted by Gasteiger charge is -2.31. The molecule has 1 saturated heterocycles. The second-order valence-electron chi connectivity index (χ2n) is 12.1. The molecule has 0 unspecified atom stereocenters. The number of carbonyl (C=O) groups is 2. The van der Waals surface area contributed by atoms with Crippen molar-refractivity contribution in [2.45, 2.75) is 78.8 Å². The van der Waals surface area contributed by atoms with Crippen LogP contribution in [0, 0.1) is 26.7 Å². The fourth-order valence-electron chi connectivity index (χ4n) is 6.46. The third kappa shape index (κ3) is 6.67. The van der Waals surface area contributed by atoms with Gasteiger partial charge in [-0.2, -0.15) is 0 Å². The average molecular weight is 585 g/mol. The van der Waals surface area contributed by atoms with E-state index in [1.807, 2.05) is 69.1 Å². The van der Waals surface area contributed by atoms with Crippen LogP contribution in [0.3, 0.4) is 0 Å². The number of aromatic nitrogens is 2. The first-order chi connectivity index (χ1) is 20.7. The summed E-state index contributed by atoms with van der Waals surface area (Å²) in [4.78, 5) is 51.7. The zero-order valence-electron chi connectivity index (χ0n) is 25.8. The Balaban J connectivity index is 1.49. The molecule has 4 N–H and O–H groups in total. The van der Waals surface area contributed by atoms with Gasteiger partial charge in [0.1, 0.15) is 5.82 Å². The van der Waals surface area contributed by atoms with Crippen molar-refractivity contribution in [3.63, 3.8) is 0 Å². The Morgan fingerprint density at radius 2 is 1.77 bits per heavy atom. The molecule has 0 spiro atoms. The van der Waals surface area contributed by atoms with Crippen molar-refractivity contribution in [1.82, 2.24) is 15.3 Å². The highest BCUT2D eigenvalue weighted by molar-refractivity contribution is 6.02. The number of aryl methyl sites for hydroxylation is 2. The van der Waals surface area contributed by atoms with Crippen molar-refractivity contribution < 1.29 is 9.59 Å². The van der Waals surface area contributed by atoms with Crippen molar-refractivity contribution in [1.29, 1.82) is 0 Å². The number of amides is 2. The number of hydrogen-bond acceptors (Lipinski definition) is 6. The predicted octanol–water partition coefficient (Wildman–Crippen LogP) is 4.76. The van der Waals surface area contributed by atoms with Crippen molar-refractivity contribution in [3.05, 3.63) is 74.8 Å². The van der Waals surface area contributed by atoms with E-state index in [-0.39, 0.29) is 35.9 Å². The average Bonchev–Trinajstić information content (AvgIpc) is 3.53. The zero-order valence-corrected chi connectivity index (χ0v) is 25.8. The van der Waals surface area contributed by atoms with Crippen molar-refractivity contribution in [3.8, 4) is 11.1 Å². The molecule has 1 aromatic carbocycles. The molecule has 0 radical (unpaired) electrons. The first-order valence-electron chi connectivity index (χ1n) is 15.6. The number of piperidine rings is 1. The Morgan fingerprint density at radius 1 is 1.05 bits per heavy atom. The van der Waals surface area contributed by atoms with E-state index in [4.69, 9.17) is 10.7 Å². The number of carbonyl (C=O) groups excluding carboxylic acids is 2. The first kappa shape index (κ1) is 30.5. The topological polar surface area (TPSA) is 124 Å². The van der Waals surface area contributed by atoms with Gasteiger partial charge in [0.2, 0.25) is 5.91 Å². The molecule has 9 heteroatoms. The van der Waals surface area contributed by atoms with Gasteiger partial charge in [-0.1, -0.05) is 12.8 Å². The van der Waals surface area contributed by atoms with Gasteiger partial charge in [0, 0.05) is 72.4 Å². The van der Waals surface area contributed by atoms with E-state index in [0.717, 1.165) is 91.1 Å². The summed E-state index contributed by atoms with van der Waals surface area (Å²) in [6.45, 7) is 9.95. The summed E-state index contributed by atoms with van der Waals surface area (Å²) in [7, 11) is 0. The molecule has 9 nitrogen and oxygen atoms in total. The minimum absolute atomic E-state index is 0.00938. The van der Waals surface area contributed by atoms with Crippen LogP contribution in [0.4, 0.5) is 11.5 Å². The molecule has 2 aromatic heterocycles. The number of aromatic amines is 1. The van der Waals surface area contributed by atoms with E-state index < -0.39 is 0 Å². The fraction of sp³-hybridized carbons (Fsp3) is 0.471.